The van der Waals surface area contributed by atoms with E-state index in [1.165, 1.54) is 30.3 Å². The van der Waals surface area contributed by atoms with Crippen LogP contribution in [0, 0.1) is 21.4 Å². The molecule has 28 heavy (non-hydrogen) atoms. The van der Waals surface area contributed by atoms with E-state index in [-0.39, 0.29) is 11.3 Å². The van der Waals surface area contributed by atoms with Crippen molar-refractivity contribution in [2.75, 3.05) is 11.9 Å². The van der Waals surface area contributed by atoms with Crippen LogP contribution in [0.5, 0.6) is 5.75 Å². The predicted octanol–water partition coefficient (Wildman–Crippen LogP) is 5.23. The first kappa shape index (κ1) is 21.3. The average Bonchev–Trinajstić information content (AvgIpc) is 2.65. The number of nitriles is 1. The molecule has 0 aliphatic heterocycles. The maximum absolute atomic E-state index is 12.4. The van der Waals surface area contributed by atoms with Gasteiger partial charge in [0, 0.05) is 17.8 Å². The van der Waals surface area contributed by atoms with Crippen molar-refractivity contribution in [1.82, 2.24) is 0 Å². The third-order valence-electron chi connectivity index (χ3n) is 3.38. The molecule has 1 amide bonds. The van der Waals surface area contributed by atoms with Gasteiger partial charge in [-0.2, -0.15) is 5.26 Å². The Morgan fingerprint density at radius 1 is 1.29 bits per heavy atom. The van der Waals surface area contributed by atoms with Crippen molar-refractivity contribution in [2.24, 2.45) is 0 Å². The molecule has 0 atom stereocenters. The molecule has 0 saturated heterocycles. The fourth-order valence-electron chi connectivity index (χ4n) is 2.12. The minimum atomic E-state index is -0.629. The number of anilines is 1. The van der Waals surface area contributed by atoms with E-state index in [4.69, 9.17) is 4.74 Å². The zero-order chi connectivity index (χ0) is 20.7. The van der Waals surface area contributed by atoms with Crippen LogP contribution in [-0.2, 0) is 4.79 Å². The number of non-ortho nitro benzene ring substituents is 1. The molecule has 0 spiro atoms. The zero-order valence-corrected chi connectivity index (χ0v) is 17.5. The number of halogens is 2. The summed E-state index contributed by atoms with van der Waals surface area (Å²) in [4.78, 5) is 22.5. The molecule has 0 radical (unpaired) electrons. The molecule has 0 saturated carbocycles. The quantitative estimate of drug-likeness (QED) is 0.182. The topological polar surface area (TPSA) is 105 Å². The molecule has 9 heteroatoms. The molecule has 2 aromatic rings. The molecule has 2 aromatic carbocycles. The maximum Gasteiger partial charge on any atom is 0.269 e. The second-order valence-corrected chi connectivity index (χ2v) is 7.05. The van der Waals surface area contributed by atoms with E-state index in [1.54, 1.807) is 18.2 Å². The van der Waals surface area contributed by atoms with E-state index < -0.39 is 10.8 Å². The smallest absolute Gasteiger partial charge is 0.269 e. The minimum Gasteiger partial charge on any atom is -0.487 e. The van der Waals surface area contributed by atoms with Gasteiger partial charge in [-0.05, 0) is 67.8 Å². The van der Waals surface area contributed by atoms with Gasteiger partial charge in [0.25, 0.3) is 11.6 Å². The molecule has 7 nitrogen and oxygen atoms in total. The number of nitrogens with one attached hydrogen (secondary N) is 1. The van der Waals surface area contributed by atoms with E-state index in [9.17, 15) is 20.2 Å². The largest absolute Gasteiger partial charge is 0.487 e. The number of nitro benzene ring substituents is 1. The molecular formula is C19H13Br2N3O4. The Kier molecular flexibility index (Phi) is 7.49. The van der Waals surface area contributed by atoms with Crippen molar-refractivity contribution in [1.29, 1.82) is 5.26 Å². The van der Waals surface area contributed by atoms with E-state index >= 15 is 0 Å². The molecule has 0 heterocycles. The Labute approximate surface area is 177 Å². The number of rotatable bonds is 7. The number of carbonyl (C=O) groups excluding carboxylic acids is 1. The molecule has 0 aliphatic rings. The van der Waals surface area contributed by atoms with Crippen LogP contribution >= 0.6 is 31.9 Å². The molecule has 2 rings (SSSR count). The second kappa shape index (κ2) is 9.82. The van der Waals surface area contributed by atoms with Gasteiger partial charge in [0.2, 0.25) is 0 Å². The van der Waals surface area contributed by atoms with Crippen molar-refractivity contribution in [3.63, 3.8) is 0 Å². The van der Waals surface area contributed by atoms with Crippen molar-refractivity contribution in [2.45, 2.75) is 0 Å². The number of ether oxygens (including phenoxy) is 1. The zero-order valence-electron chi connectivity index (χ0n) is 14.3. The van der Waals surface area contributed by atoms with Gasteiger partial charge in [0.1, 0.15) is 24.0 Å². The highest BCUT2D eigenvalue weighted by atomic mass is 79.9. The van der Waals surface area contributed by atoms with Crippen molar-refractivity contribution >= 4 is 55.2 Å². The second-order valence-electron chi connectivity index (χ2n) is 5.34. The third kappa shape index (κ3) is 5.52. The third-order valence-corrected chi connectivity index (χ3v) is 4.56. The molecule has 0 aromatic heterocycles. The van der Waals surface area contributed by atoms with E-state index in [1.807, 2.05) is 6.07 Å². The van der Waals surface area contributed by atoms with Crippen molar-refractivity contribution in [3.05, 3.63) is 79.2 Å². The molecular weight excluding hydrogens is 494 g/mol. The summed E-state index contributed by atoms with van der Waals surface area (Å²) < 4.78 is 6.81. The number of amides is 1. The first-order valence-corrected chi connectivity index (χ1v) is 9.34. The standard InChI is InChI=1S/C19H13Br2N3O4/c1-2-7-28-18-16(20)9-12(10-17(18)21)8-13(11-22)19(25)23-14-3-5-15(6-4-14)24(26)27/h2-6,8-10H,1,7H2,(H,23,25)/b13-8-. The van der Waals surface area contributed by atoms with Crippen LogP contribution in [0.3, 0.4) is 0 Å². The molecule has 0 fully saturated rings. The highest BCUT2D eigenvalue weighted by molar-refractivity contribution is 9.11. The first-order chi connectivity index (χ1) is 13.3. The van der Waals surface area contributed by atoms with Gasteiger partial charge in [0.15, 0.2) is 0 Å². The normalized spacial score (nSPS) is 10.7. The Morgan fingerprint density at radius 2 is 1.89 bits per heavy atom. The number of carbonyl (C=O) groups is 1. The van der Waals surface area contributed by atoms with Crippen LogP contribution in [0.2, 0.25) is 0 Å². The van der Waals surface area contributed by atoms with Crippen LogP contribution in [0.15, 0.2) is 63.6 Å². The number of hydrogen-bond acceptors (Lipinski definition) is 5. The van der Waals surface area contributed by atoms with Crippen LogP contribution in [0.1, 0.15) is 5.56 Å². The predicted molar refractivity (Wildman–Crippen MR) is 113 cm³/mol. The van der Waals surface area contributed by atoms with Gasteiger partial charge in [0.05, 0.1) is 13.9 Å². The van der Waals surface area contributed by atoms with E-state index in [0.29, 0.717) is 32.6 Å². The Bertz CT molecular complexity index is 972. The molecule has 1 N–H and O–H groups in total. The lowest BCUT2D eigenvalue weighted by atomic mass is 10.1. The average molecular weight is 507 g/mol. The summed E-state index contributed by atoms with van der Waals surface area (Å²) in [6.07, 6.45) is 3.04. The highest BCUT2D eigenvalue weighted by Crippen LogP contribution is 2.35. The summed E-state index contributed by atoms with van der Waals surface area (Å²) >= 11 is 6.78. The summed E-state index contributed by atoms with van der Waals surface area (Å²) in [5.74, 6) is -0.0542. The minimum absolute atomic E-state index is 0.0949. The van der Waals surface area contributed by atoms with Gasteiger partial charge < -0.3 is 10.1 Å². The molecule has 142 valence electrons. The van der Waals surface area contributed by atoms with Crippen LogP contribution in [-0.4, -0.2) is 17.4 Å². The van der Waals surface area contributed by atoms with Crippen LogP contribution < -0.4 is 10.1 Å². The lowest BCUT2D eigenvalue weighted by molar-refractivity contribution is -0.384. The fraction of sp³-hybridized carbons (Fsp3) is 0.0526. The van der Waals surface area contributed by atoms with Gasteiger partial charge in [-0.15, -0.1) is 0 Å². The number of benzene rings is 2. The summed E-state index contributed by atoms with van der Waals surface area (Å²) in [6.45, 7) is 3.92. The lowest BCUT2D eigenvalue weighted by Crippen LogP contribution is -2.13. The first-order valence-electron chi connectivity index (χ1n) is 7.76. The van der Waals surface area contributed by atoms with Crippen LogP contribution in [0.4, 0.5) is 11.4 Å². The van der Waals surface area contributed by atoms with Crippen molar-refractivity contribution in [3.8, 4) is 11.8 Å². The lowest BCUT2D eigenvalue weighted by Gasteiger charge is -2.10. The summed E-state index contributed by atoms with van der Waals surface area (Å²) in [6, 6.07) is 10.6. The van der Waals surface area contributed by atoms with E-state index in [2.05, 4.69) is 43.8 Å². The molecule has 0 aliphatic carbocycles. The summed E-state index contributed by atoms with van der Waals surface area (Å²) in [5, 5.41) is 22.5. The number of hydrogen-bond donors (Lipinski definition) is 1. The van der Waals surface area contributed by atoms with Crippen molar-refractivity contribution < 1.29 is 14.5 Å². The summed E-state index contributed by atoms with van der Waals surface area (Å²) in [7, 11) is 0. The van der Waals surface area contributed by atoms with E-state index in [0.717, 1.165) is 0 Å². The maximum atomic E-state index is 12.4. The van der Waals surface area contributed by atoms with Gasteiger partial charge in [-0.1, -0.05) is 12.7 Å². The molecule has 0 bridgehead atoms. The Morgan fingerprint density at radius 3 is 2.39 bits per heavy atom. The fourth-order valence-corrected chi connectivity index (χ4v) is 3.57. The van der Waals surface area contributed by atoms with Crippen LogP contribution in [0.25, 0.3) is 6.08 Å². The summed E-state index contributed by atoms with van der Waals surface area (Å²) in [5.41, 5.74) is 0.715. The number of nitro groups is 1. The Hall–Kier alpha value is -2.96. The van der Waals surface area contributed by atoms with Gasteiger partial charge >= 0.3 is 0 Å². The monoisotopic (exact) mass is 505 g/mol. The number of nitrogens with zero attached hydrogens (tertiary/aromatic N) is 2. The van der Waals surface area contributed by atoms with Gasteiger partial charge in [-0.25, -0.2) is 0 Å². The highest BCUT2D eigenvalue weighted by Gasteiger charge is 2.13. The molecule has 0 unspecified atom stereocenters. The van der Waals surface area contributed by atoms with Gasteiger partial charge in [-0.3, -0.25) is 14.9 Å². The SMILES string of the molecule is C=CCOc1c(Br)cc(/C=C(/C#N)C(=O)Nc2ccc([N+](=O)[O-])cc2)cc1Br. The Balaban J connectivity index is 2.23.